The maximum absolute atomic E-state index is 13.5. The van der Waals surface area contributed by atoms with Crippen LogP contribution in [0.5, 0.6) is 0 Å². The van der Waals surface area contributed by atoms with Crippen molar-refractivity contribution in [2.45, 2.75) is 9.79 Å². The first-order chi connectivity index (χ1) is 30.6. The first-order valence-electron chi connectivity index (χ1n) is 18.9. The summed E-state index contributed by atoms with van der Waals surface area (Å²) in [6.45, 7) is -0.109. The molecular formula is C44H32Cl5F2N7O4S2. The highest BCUT2D eigenvalue weighted by Crippen LogP contribution is 2.41. The fourth-order valence-corrected chi connectivity index (χ4v) is 9.42. The van der Waals surface area contributed by atoms with Crippen molar-refractivity contribution >= 4 is 126 Å². The van der Waals surface area contributed by atoms with Gasteiger partial charge in [-0.3, -0.25) is 29.0 Å². The molecule has 20 heteroatoms. The summed E-state index contributed by atoms with van der Waals surface area (Å²) >= 11 is 33.9. The average molecular weight is 1000 g/mol. The van der Waals surface area contributed by atoms with Crippen LogP contribution < -0.4 is 0 Å². The summed E-state index contributed by atoms with van der Waals surface area (Å²) in [6, 6.07) is 21.9. The highest BCUT2D eigenvalue weighted by molar-refractivity contribution is 8.14. The van der Waals surface area contributed by atoms with E-state index in [0.29, 0.717) is 42.7 Å². The minimum absolute atomic E-state index is 0.0508. The Morgan fingerprint density at radius 3 is 1.34 bits per heavy atom. The summed E-state index contributed by atoms with van der Waals surface area (Å²) in [5.41, 5.74) is 1.98. The largest absolute Gasteiger partial charge is 0.301 e. The van der Waals surface area contributed by atoms with E-state index in [1.54, 1.807) is 109 Å². The van der Waals surface area contributed by atoms with Gasteiger partial charge in [0.2, 0.25) is 11.8 Å². The Balaban J connectivity index is 0.000000192. The molecule has 0 aliphatic carbocycles. The predicted molar refractivity (Wildman–Crippen MR) is 251 cm³/mol. The number of hydrazone groups is 2. The van der Waals surface area contributed by atoms with E-state index in [2.05, 4.69) is 10.2 Å². The molecule has 4 heterocycles. The highest BCUT2D eigenvalue weighted by Gasteiger charge is 2.39. The third kappa shape index (κ3) is 10.4. The normalized spacial score (nSPS) is 15.8. The van der Waals surface area contributed by atoms with Crippen LogP contribution in [-0.2, 0) is 19.2 Å². The van der Waals surface area contributed by atoms with Crippen LogP contribution in [0.4, 0.5) is 8.78 Å². The summed E-state index contributed by atoms with van der Waals surface area (Å²) < 4.78 is 26.4. The maximum Gasteiger partial charge on any atom is 0.264 e. The third-order valence-electron chi connectivity index (χ3n) is 9.41. The Labute approximate surface area is 399 Å². The quantitative estimate of drug-likeness (QED) is 0.167. The Hall–Kier alpha value is -4.97. The predicted octanol–water partition coefficient (Wildman–Crippen LogP) is 10.1. The zero-order valence-electron chi connectivity index (χ0n) is 33.4. The number of benzene rings is 4. The molecule has 64 heavy (non-hydrogen) atoms. The maximum atomic E-state index is 13.5. The molecule has 4 aliphatic heterocycles. The number of amides is 4. The zero-order valence-corrected chi connectivity index (χ0v) is 38.9. The second kappa shape index (κ2) is 20.5. The number of halogens is 7. The van der Waals surface area contributed by atoms with Gasteiger partial charge in [0.05, 0.1) is 49.2 Å². The van der Waals surface area contributed by atoms with E-state index in [9.17, 15) is 28.0 Å². The van der Waals surface area contributed by atoms with Crippen molar-refractivity contribution < 1.29 is 28.0 Å². The fourth-order valence-electron chi connectivity index (χ4n) is 6.52. The summed E-state index contributed by atoms with van der Waals surface area (Å²) in [5, 5.41) is 14.6. The minimum Gasteiger partial charge on any atom is -0.301 e. The van der Waals surface area contributed by atoms with Crippen LogP contribution in [-0.4, -0.2) is 98.3 Å². The molecule has 4 amide bonds. The summed E-state index contributed by atoms with van der Waals surface area (Å²) in [6.07, 6.45) is 6.96. The summed E-state index contributed by atoms with van der Waals surface area (Å²) in [4.78, 5) is 57.3. The first kappa shape index (κ1) is 47.0. The summed E-state index contributed by atoms with van der Waals surface area (Å²) in [7, 11) is 3.50. The van der Waals surface area contributed by atoms with Gasteiger partial charge in [0.1, 0.15) is 40.9 Å². The van der Waals surface area contributed by atoms with E-state index < -0.39 is 17.7 Å². The van der Waals surface area contributed by atoms with Crippen molar-refractivity contribution in [3.63, 3.8) is 0 Å². The third-order valence-corrected chi connectivity index (χ3v) is 12.8. The van der Waals surface area contributed by atoms with Crippen molar-refractivity contribution in [2.75, 3.05) is 39.9 Å². The van der Waals surface area contributed by atoms with Crippen LogP contribution in [0.3, 0.4) is 0 Å². The number of allylic oxidation sites excluding steroid dienone is 2. The number of rotatable bonds is 7. The van der Waals surface area contributed by atoms with Crippen LogP contribution in [0.1, 0.15) is 11.1 Å². The van der Waals surface area contributed by atoms with Crippen molar-refractivity contribution in [1.82, 2.24) is 24.7 Å². The minimum atomic E-state index is -0.566. The molecule has 328 valence electrons. The van der Waals surface area contributed by atoms with Crippen molar-refractivity contribution in [1.29, 1.82) is 0 Å². The van der Waals surface area contributed by atoms with Gasteiger partial charge in [-0.2, -0.15) is 10.2 Å². The molecule has 0 N–H and O–H groups in total. The number of nitrogens with zero attached hydrogens (tertiary/aromatic N) is 7. The molecule has 11 nitrogen and oxygen atoms in total. The topological polar surface area (TPSA) is 109 Å². The molecule has 8 rings (SSSR count). The van der Waals surface area contributed by atoms with Crippen molar-refractivity contribution in [2.24, 2.45) is 10.2 Å². The van der Waals surface area contributed by atoms with Gasteiger partial charge in [0, 0.05) is 20.9 Å². The van der Waals surface area contributed by atoms with Gasteiger partial charge in [0.15, 0.2) is 0 Å². The van der Waals surface area contributed by atoms with E-state index >= 15 is 0 Å². The monoisotopic (exact) mass is 999 g/mol. The second-order valence-corrected chi connectivity index (χ2v) is 18.2. The Bertz CT molecular complexity index is 2710. The highest BCUT2D eigenvalue weighted by atomic mass is 35.5. The van der Waals surface area contributed by atoms with E-state index in [1.165, 1.54) is 52.8 Å². The molecule has 0 spiro atoms. The van der Waals surface area contributed by atoms with E-state index in [-0.39, 0.29) is 64.5 Å². The molecule has 4 aromatic carbocycles. The van der Waals surface area contributed by atoms with Crippen LogP contribution in [0.2, 0.25) is 20.1 Å². The van der Waals surface area contributed by atoms with Crippen molar-refractivity contribution in [3.05, 3.63) is 163 Å². The Kier molecular flexibility index (Phi) is 15.0. The molecular weight excluding hydrogens is 970 g/mol. The number of thioether (sulfide) groups is 2. The van der Waals surface area contributed by atoms with Gasteiger partial charge in [-0.1, -0.05) is 82.1 Å². The van der Waals surface area contributed by atoms with Gasteiger partial charge < -0.3 is 4.90 Å². The average Bonchev–Trinajstić information content (AvgIpc) is 3.26. The number of imide groups is 2. The number of carbonyl (C=O) groups is 4. The van der Waals surface area contributed by atoms with Crippen LogP contribution in [0.25, 0.3) is 11.1 Å². The lowest BCUT2D eigenvalue weighted by molar-refractivity contribution is -0.145. The molecule has 0 bridgehead atoms. The Morgan fingerprint density at radius 1 is 0.609 bits per heavy atom. The number of hydrogen-bond acceptors (Lipinski definition) is 11. The lowest BCUT2D eigenvalue weighted by Crippen LogP contribution is -2.50. The molecule has 0 aromatic heterocycles. The van der Waals surface area contributed by atoms with E-state index in [0.717, 1.165) is 19.6 Å². The van der Waals surface area contributed by atoms with Crippen molar-refractivity contribution in [3.8, 4) is 0 Å². The fraction of sp³-hybridized carbons (Fsp3) is 0.136. The lowest BCUT2D eigenvalue weighted by atomic mass is 9.99. The standard InChI is InChI=1S/C23H19Cl2FN4O2S.C21H13Cl3FN3O2S/c1-28(2)12-20(31)29-13-30-18(22(23(29)32)21-16(24)4-3-5-17(21)25)10-11-19(27-30)33-15-8-6-14(26)7-9-15;22-10-18(29)27-11-28-16(20(21(27)30)19-14(23)2-1-3-15(19)24)8-9-17(26-28)31-13-6-4-12(25)5-7-13/h3-11H,12-13H2,1-2H3;1-9H,10-11H2. The summed E-state index contributed by atoms with van der Waals surface area (Å²) in [5.74, 6) is -3.00. The molecule has 0 radical (unpaired) electrons. The van der Waals surface area contributed by atoms with Gasteiger partial charge in [-0.05, 0) is 111 Å². The van der Waals surface area contributed by atoms with Gasteiger partial charge in [-0.15, -0.1) is 11.6 Å². The second-order valence-electron chi connectivity index (χ2n) is 14.1. The zero-order chi connectivity index (χ0) is 45.8. The smallest absolute Gasteiger partial charge is 0.264 e. The molecule has 4 aromatic rings. The number of likely N-dealkylation sites (N-methyl/N-ethyl adjacent to an activating group) is 1. The first-order valence-corrected chi connectivity index (χ1v) is 22.5. The number of alkyl halides is 1. The van der Waals surface area contributed by atoms with Gasteiger partial charge in [0.25, 0.3) is 11.8 Å². The Morgan fingerprint density at radius 2 is 0.984 bits per heavy atom. The van der Waals surface area contributed by atoms with Crippen LogP contribution in [0.15, 0.2) is 141 Å². The molecule has 0 saturated carbocycles. The lowest BCUT2D eigenvalue weighted by Gasteiger charge is -2.37. The molecule has 0 unspecified atom stereocenters. The molecule has 0 saturated heterocycles. The van der Waals surface area contributed by atoms with E-state index in [4.69, 9.17) is 58.0 Å². The van der Waals surface area contributed by atoms with Gasteiger partial charge >= 0.3 is 0 Å². The van der Waals surface area contributed by atoms with Crippen LogP contribution >= 0.6 is 81.5 Å². The SMILES string of the molecule is CN(C)CC(=O)N1CN2N=C(Sc3ccc(F)cc3)C=CC2=C(c2c(Cl)cccc2Cl)C1=O.O=C(CCl)N1CN2N=C(Sc3ccc(F)cc3)C=CC2=C(c2c(Cl)cccc2Cl)C1=O. The molecule has 0 atom stereocenters. The van der Waals surface area contributed by atoms with E-state index in [1.807, 2.05) is 0 Å². The number of hydrogen-bond donors (Lipinski definition) is 0. The molecule has 0 fully saturated rings. The van der Waals surface area contributed by atoms with Gasteiger partial charge in [-0.25, -0.2) is 18.8 Å². The number of carbonyl (C=O) groups excluding carboxylic acids is 4. The number of fused-ring (bicyclic) bond motifs is 2. The molecule has 4 aliphatic rings. The van der Waals surface area contributed by atoms with Crippen LogP contribution in [0, 0.1) is 11.6 Å².